The molecule has 2 N–H and O–H groups in total. The summed E-state index contributed by atoms with van der Waals surface area (Å²) in [6.07, 6.45) is -0.0184. The van der Waals surface area contributed by atoms with Crippen molar-refractivity contribution in [1.29, 1.82) is 0 Å². The molecule has 0 saturated carbocycles. The molecule has 1 amide bonds. The lowest BCUT2D eigenvalue weighted by molar-refractivity contribution is -0.157. The molecule has 1 aromatic heterocycles. The summed E-state index contributed by atoms with van der Waals surface area (Å²) in [5, 5.41) is 1.85. The van der Waals surface area contributed by atoms with E-state index in [1.165, 1.54) is 11.3 Å². The van der Waals surface area contributed by atoms with Gasteiger partial charge in [0.15, 0.2) is 0 Å². The van der Waals surface area contributed by atoms with E-state index >= 15 is 0 Å². The Kier molecular flexibility index (Phi) is 4.28. The summed E-state index contributed by atoms with van der Waals surface area (Å²) >= 11 is 1.42. The van der Waals surface area contributed by atoms with Crippen LogP contribution in [0, 0.1) is 0 Å². The van der Waals surface area contributed by atoms with Gasteiger partial charge in [-0.15, -0.1) is 11.3 Å². The van der Waals surface area contributed by atoms with Crippen LogP contribution in [0.25, 0.3) is 0 Å². The maximum Gasteiger partial charge on any atom is 0.315 e. The van der Waals surface area contributed by atoms with Crippen LogP contribution >= 0.6 is 11.3 Å². The number of amides is 1. The van der Waals surface area contributed by atoms with Gasteiger partial charge in [0, 0.05) is 11.3 Å². The highest BCUT2D eigenvalue weighted by Crippen LogP contribution is 2.27. The lowest BCUT2D eigenvalue weighted by Crippen LogP contribution is -2.29. The second kappa shape index (κ2) is 5.31. The minimum Gasteiger partial charge on any atom is -0.459 e. The molecule has 0 aliphatic carbocycles. The fraction of sp³-hybridized carbons (Fsp3) is 0.500. The monoisotopic (exact) mass is 255 g/mol. The van der Waals surface area contributed by atoms with E-state index in [-0.39, 0.29) is 6.42 Å². The highest BCUT2D eigenvalue weighted by molar-refractivity contribution is 7.10. The van der Waals surface area contributed by atoms with Crippen LogP contribution in [0.3, 0.4) is 0 Å². The Labute approximate surface area is 105 Å². The molecule has 0 bridgehead atoms. The van der Waals surface area contributed by atoms with Crippen LogP contribution in [-0.4, -0.2) is 17.5 Å². The van der Waals surface area contributed by atoms with Crippen LogP contribution in [-0.2, 0) is 14.3 Å². The molecule has 0 unspecified atom stereocenters. The first kappa shape index (κ1) is 13.7. The third kappa shape index (κ3) is 4.56. The topological polar surface area (TPSA) is 69.4 Å². The molecule has 0 fully saturated rings. The first-order chi connectivity index (χ1) is 7.79. The Bertz CT molecular complexity index is 392. The van der Waals surface area contributed by atoms with Crippen molar-refractivity contribution in [2.75, 3.05) is 0 Å². The summed E-state index contributed by atoms with van der Waals surface area (Å²) in [4.78, 5) is 23.8. The van der Waals surface area contributed by atoms with Gasteiger partial charge in [0.05, 0.1) is 5.92 Å². The van der Waals surface area contributed by atoms with Crippen molar-refractivity contribution in [1.82, 2.24) is 0 Å². The molecule has 4 nitrogen and oxygen atoms in total. The Balaban J connectivity index is 2.84. The number of hydrogen-bond donors (Lipinski definition) is 1. The third-order valence-electron chi connectivity index (χ3n) is 1.98. The summed E-state index contributed by atoms with van der Waals surface area (Å²) in [6, 6.07) is 3.64. The molecule has 1 rings (SSSR count). The van der Waals surface area contributed by atoms with E-state index < -0.39 is 23.4 Å². The van der Waals surface area contributed by atoms with E-state index in [2.05, 4.69) is 0 Å². The van der Waals surface area contributed by atoms with Crippen LogP contribution in [0.4, 0.5) is 0 Å². The number of rotatable bonds is 4. The average Bonchev–Trinajstić information content (AvgIpc) is 2.63. The van der Waals surface area contributed by atoms with E-state index in [4.69, 9.17) is 10.5 Å². The molecule has 17 heavy (non-hydrogen) atoms. The molecular formula is C12H17NO3S. The average molecular weight is 255 g/mol. The standard InChI is InChI=1S/C12H17NO3S/c1-12(2,3)16-11(15)8(7-10(13)14)9-5-4-6-17-9/h4-6,8H,7H2,1-3H3,(H2,13,14)/t8-/m0/s1. The smallest absolute Gasteiger partial charge is 0.315 e. The lowest BCUT2D eigenvalue weighted by Gasteiger charge is -2.23. The van der Waals surface area contributed by atoms with Gasteiger partial charge in [-0.2, -0.15) is 0 Å². The number of primary amides is 1. The summed E-state index contributed by atoms with van der Waals surface area (Å²) in [5.41, 5.74) is 4.59. The minimum absolute atomic E-state index is 0.0184. The number of thiophene rings is 1. The van der Waals surface area contributed by atoms with Crippen molar-refractivity contribution in [2.24, 2.45) is 5.73 Å². The number of esters is 1. The summed E-state index contributed by atoms with van der Waals surface area (Å²) in [6.45, 7) is 5.38. The number of carbonyl (C=O) groups excluding carboxylic acids is 2. The maximum atomic E-state index is 12.0. The fourth-order valence-corrected chi connectivity index (χ4v) is 2.18. The molecule has 1 aromatic rings. The van der Waals surface area contributed by atoms with E-state index in [0.29, 0.717) is 0 Å². The number of nitrogens with two attached hydrogens (primary N) is 1. The third-order valence-corrected chi connectivity index (χ3v) is 2.97. The maximum absolute atomic E-state index is 12.0. The minimum atomic E-state index is -0.591. The lowest BCUT2D eigenvalue weighted by atomic mass is 10.0. The van der Waals surface area contributed by atoms with E-state index in [9.17, 15) is 9.59 Å². The number of carbonyl (C=O) groups is 2. The van der Waals surface area contributed by atoms with E-state index in [0.717, 1.165) is 4.88 Å². The van der Waals surface area contributed by atoms with Gasteiger partial charge in [0.2, 0.25) is 5.91 Å². The van der Waals surface area contributed by atoms with Gasteiger partial charge >= 0.3 is 5.97 Å². The number of hydrogen-bond acceptors (Lipinski definition) is 4. The zero-order valence-corrected chi connectivity index (χ0v) is 11.0. The molecule has 0 radical (unpaired) electrons. The molecular weight excluding hydrogens is 238 g/mol. The zero-order valence-electron chi connectivity index (χ0n) is 10.2. The second-order valence-electron chi connectivity index (χ2n) is 4.77. The van der Waals surface area contributed by atoms with Crippen LogP contribution in [0.5, 0.6) is 0 Å². The van der Waals surface area contributed by atoms with Crippen molar-refractivity contribution in [2.45, 2.75) is 38.7 Å². The zero-order chi connectivity index (χ0) is 13.1. The molecule has 0 aliphatic rings. The Morgan fingerprint density at radius 3 is 2.53 bits per heavy atom. The Hall–Kier alpha value is -1.36. The molecule has 94 valence electrons. The van der Waals surface area contributed by atoms with Crippen LogP contribution in [0.1, 0.15) is 38.0 Å². The fourth-order valence-electron chi connectivity index (χ4n) is 1.36. The van der Waals surface area contributed by atoms with Gasteiger partial charge in [-0.1, -0.05) is 6.07 Å². The van der Waals surface area contributed by atoms with Crippen molar-refractivity contribution >= 4 is 23.2 Å². The molecule has 1 atom stereocenters. The van der Waals surface area contributed by atoms with Gasteiger partial charge in [-0.05, 0) is 32.2 Å². The van der Waals surface area contributed by atoms with E-state index in [1.807, 2.05) is 17.5 Å². The highest BCUT2D eigenvalue weighted by atomic mass is 32.1. The SMILES string of the molecule is CC(C)(C)OC(=O)[C@@H](CC(N)=O)c1cccs1. The molecule has 1 heterocycles. The van der Waals surface area contributed by atoms with Crippen LogP contribution < -0.4 is 5.73 Å². The van der Waals surface area contributed by atoms with Gasteiger partial charge < -0.3 is 10.5 Å². The van der Waals surface area contributed by atoms with Gasteiger partial charge in [0.25, 0.3) is 0 Å². The summed E-state index contributed by atoms with van der Waals surface area (Å²) in [5.74, 6) is -1.50. The molecule has 0 spiro atoms. The van der Waals surface area contributed by atoms with Crippen molar-refractivity contribution in [3.63, 3.8) is 0 Å². The quantitative estimate of drug-likeness (QED) is 0.837. The molecule has 0 saturated heterocycles. The predicted molar refractivity (Wildman–Crippen MR) is 66.7 cm³/mol. The second-order valence-corrected chi connectivity index (χ2v) is 5.75. The van der Waals surface area contributed by atoms with Gasteiger partial charge in [0.1, 0.15) is 5.60 Å². The highest BCUT2D eigenvalue weighted by Gasteiger charge is 2.28. The number of ether oxygens (including phenoxy) is 1. The normalized spacial score (nSPS) is 13.1. The van der Waals surface area contributed by atoms with Crippen molar-refractivity contribution < 1.29 is 14.3 Å². The molecule has 0 aromatic carbocycles. The van der Waals surface area contributed by atoms with Crippen LogP contribution in [0.15, 0.2) is 17.5 Å². The van der Waals surface area contributed by atoms with E-state index in [1.54, 1.807) is 20.8 Å². The van der Waals surface area contributed by atoms with Gasteiger partial charge in [-0.25, -0.2) is 0 Å². The predicted octanol–water partition coefficient (Wildman–Crippen LogP) is 2.05. The Morgan fingerprint density at radius 1 is 1.47 bits per heavy atom. The summed E-state index contributed by atoms with van der Waals surface area (Å²) < 4.78 is 5.28. The Morgan fingerprint density at radius 2 is 2.12 bits per heavy atom. The van der Waals surface area contributed by atoms with Gasteiger partial charge in [-0.3, -0.25) is 9.59 Å². The first-order valence-corrected chi connectivity index (χ1v) is 6.22. The molecule has 5 heteroatoms. The van der Waals surface area contributed by atoms with Crippen molar-refractivity contribution in [3.05, 3.63) is 22.4 Å². The molecule has 0 aliphatic heterocycles. The van der Waals surface area contributed by atoms with Crippen molar-refractivity contribution in [3.8, 4) is 0 Å². The summed E-state index contributed by atoms with van der Waals surface area (Å²) in [7, 11) is 0. The first-order valence-electron chi connectivity index (χ1n) is 5.34. The largest absolute Gasteiger partial charge is 0.459 e. The van der Waals surface area contributed by atoms with Crippen LogP contribution in [0.2, 0.25) is 0 Å².